The van der Waals surface area contributed by atoms with Crippen molar-refractivity contribution in [2.24, 2.45) is 0 Å². The normalized spacial score (nSPS) is 12.1. The third-order valence-electron chi connectivity index (χ3n) is 4.19. The Bertz CT molecular complexity index is 1290. The van der Waals surface area contributed by atoms with E-state index in [0.717, 1.165) is 10.6 Å². The van der Waals surface area contributed by atoms with Gasteiger partial charge in [0.25, 0.3) is 11.4 Å². The topological polar surface area (TPSA) is 144 Å². The van der Waals surface area contributed by atoms with Crippen LogP contribution in [0.5, 0.6) is 0 Å². The van der Waals surface area contributed by atoms with Gasteiger partial charge in [-0.25, -0.2) is 8.78 Å². The molecule has 2 aromatic carbocycles. The molecule has 232 valence electrons. The standard InChI is InChI=1S/2C9H3F7N2O3/c2*10-4-2-6(18(20)21)5(1-3(4)8(11,12)13)17-7(19)9(14,15)16/h2*1-2H,(H,17,19). The van der Waals surface area contributed by atoms with E-state index < -0.39 is 91.9 Å². The second-order valence-electron chi connectivity index (χ2n) is 7.11. The highest BCUT2D eigenvalue weighted by Crippen LogP contribution is 2.39. The minimum atomic E-state index is -5.49. The summed E-state index contributed by atoms with van der Waals surface area (Å²) in [5.74, 6) is -9.57. The zero-order valence-electron chi connectivity index (χ0n) is 18.9. The number of halogens is 14. The summed E-state index contributed by atoms with van der Waals surface area (Å²) in [5.41, 5.74) is -9.83. The number of nitrogens with zero attached hydrogens (tertiary/aromatic N) is 2. The number of alkyl halides is 12. The average Bonchev–Trinajstić information content (AvgIpc) is 2.78. The Kier molecular flexibility index (Phi) is 10.0. The molecule has 0 saturated heterocycles. The largest absolute Gasteiger partial charge is 0.471 e. The van der Waals surface area contributed by atoms with Crippen molar-refractivity contribution in [3.05, 3.63) is 67.3 Å². The van der Waals surface area contributed by atoms with Crippen LogP contribution < -0.4 is 10.6 Å². The lowest BCUT2D eigenvalue weighted by molar-refractivity contribution is -0.384. The Morgan fingerprint density at radius 3 is 1.02 bits per heavy atom. The molecule has 42 heavy (non-hydrogen) atoms. The van der Waals surface area contributed by atoms with Gasteiger partial charge in [-0.05, 0) is 12.1 Å². The van der Waals surface area contributed by atoms with E-state index in [-0.39, 0.29) is 24.3 Å². The van der Waals surface area contributed by atoms with Crippen LogP contribution in [0.15, 0.2) is 24.3 Å². The Morgan fingerprint density at radius 1 is 0.571 bits per heavy atom. The third-order valence-corrected chi connectivity index (χ3v) is 4.19. The van der Waals surface area contributed by atoms with Crippen molar-refractivity contribution in [1.82, 2.24) is 0 Å². The quantitative estimate of drug-likeness (QED) is 0.222. The highest BCUT2D eigenvalue weighted by molar-refractivity contribution is 5.97. The molecule has 0 aliphatic heterocycles. The van der Waals surface area contributed by atoms with E-state index in [9.17, 15) is 91.3 Å². The van der Waals surface area contributed by atoms with E-state index in [2.05, 4.69) is 0 Å². The summed E-state index contributed by atoms with van der Waals surface area (Å²) in [6, 6.07) is -1.02. The summed E-state index contributed by atoms with van der Waals surface area (Å²) in [5, 5.41) is 22.8. The van der Waals surface area contributed by atoms with Gasteiger partial charge in [-0.2, -0.15) is 52.7 Å². The van der Waals surface area contributed by atoms with Crippen molar-refractivity contribution in [3.63, 3.8) is 0 Å². The van der Waals surface area contributed by atoms with Gasteiger partial charge in [0.1, 0.15) is 23.0 Å². The molecule has 2 aromatic rings. The van der Waals surface area contributed by atoms with Crippen LogP contribution >= 0.6 is 0 Å². The Morgan fingerprint density at radius 2 is 0.833 bits per heavy atom. The zero-order chi connectivity index (χ0) is 33.2. The van der Waals surface area contributed by atoms with Gasteiger partial charge in [-0.1, -0.05) is 0 Å². The van der Waals surface area contributed by atoms with E-state index in [0.29, 0.717) is 0 Å². The van der Waals surface area contributed by atoms with Crippen molar-refractivity contribution < 1.29 is 80.9 Å². The molecule has 0 aliphatic carbocycles. The molecule has 0 fully saturated rings. The fourth-order valence-corrected chi connectivity index (χ4v) is 2.45. The zero-order valence-corrected chi connectivity index (χ0v) is 18.9. The number of nitrogens with one attached hydrogen (secondary N) is 2. The lowest BCUT2D eigenvalue weighted by Gasteiger charge is -2.12. The molecule has 2 amide bonds. The van der Waals surface area contributed by atoms with Gasteiger partial charge in [0, 0.05) is 0 Å². The number of hydrogen-bond acceptors (Lipinski definition) is 6. The monoisotopic (exact) mass is 640 g/mol. The van der Waals surface area contributed by atoms with Crippen LogP contribution in [0.2, 0.25) is 0 Å². The van der Waals surface area contributed by atoms with Gasteiger partial charge < -0.3 is 10.6 Å². The first-order valence-corrected chi connectivity index (χ1v) is 9.54. The molecule has 2 rings (SSSR count). The van der Waals surface area contributed by atoms with E-state index in [1.807, 2.05) is 0 Å². The first kappa shape index (κ1) is 35.2. The molecular formula is C18H6F14N4O6. The minimum Gasteiger partial charge on any atom is -0.312 e. The number of nitro benzene ring substituents is 2. The van der Waals surface area contributed by atoms with Crippen LogP contribution in [0.25, 0.3) is 0 Å². The molecule has 10 nitrogen and oxygen atoms in total. The molecule has 0 bridgehead atoms. The molecule has 0 aliphatic rings. The minimum absolute atomic E-state index is 0.227. The molecule has 0 heterocycles. The predicted octanol–water partition coefficient (Wildman–Crippen LogP) is 6.51. The van der Waals surface area contributed by atoms with Crippen LogP contribution in [0, 0.1) is 31.9 Å². The molecule has 24 heteroatoms. The van der Waals surface area contributed by atoms with Crippen molar-refractivity contribution in [2.45, 2.75) is 24.7 Å². The van der Waals surface area contributed by atoms with Crippen LogP contribution in [0.1, 0.15) is 11.1 Å². The van der Waals surface area contributed by atoms with Gasteiger partial charge in [0.05, 0.1) is 33.1 Å². The second-order valence-corrected chi connectivity index (χ2v) is 7.11. The number of carbonyl (C=O) groups is 2. The summed E-state index contributed by atoms with van der Waals surface area (Å²) < 4.78 is 173. The Hall–Kier alpha value is -4.80. The number of carbonyl (C=O) groups excluding carboxylic acids is 2. The van der Waals surface area contributed by atoms with Crippen molar-refractivity contribution in [2.75, 3.05) is 10.6 Å². The van der Waals surface area contributed by atoms with Gasteiger partial charge in [0.15, 0.2) is 0 Å². The maximum atomic E-state index is 13.1. The molecule has 2 N–H and O–H groups in total. The molecule has 0 spiro atoms. The molecule has 0 atom stereocenters. The summed E-state index contributed by atoms with van der Waals surface area (Å²) in [6.45, 7) is 0. The van der Waals surface area contributed by atoms with Crippen molar-refractivity contribution in [1.29, 1.82) is 0 Å². The van der Waals surface area contributed by atoms with E-state index in [1.165, 1.54) is 0 Å². The van der Waals surface area contributed by atoms with Crippen LogP contribution in [0.4, 0.5) is 84.2 Å². The van der Waals surface area contributed by atoms with Crippen molar-refractivity contribution >= 4 is 34.6 Å². The van der Waals surface area contributed by atoms with Gasteiger partial charge in [-0.3, -0.25) is 29.8 Å². The van der Waals surface area contributed by atoms with Gasteiger partial charge in [0.2, 0.25) is 0 Å². The highest BCUT2D eigenvalue weighted by Gasteiger charge is 2.43. The third kappa shape index (κ3) is 9.12. The van der Waals surface area contributed by atoms with Gasteiger partial charge in [-0.15, -0.1) is 0 Å². The predicted molar refractivity (Wildman–Crippen MR) is 105 cm³/mol. The molecule has 0 unspecified atom stereocenters. The summed E-state index contributed by atoms with van der Waals surface area (Å²) >= 11 is 0. The van der Waals surface area contributed by atoms with Crippen molar-refractivity contribution in [3.8, 4) is 0 Å². The number of hydrogen-bond donors (Lipinski definition) is 2. The Balaban J connectivity index is 0.000000420. The van der Waals surface area contributed by atoms with Gasteiger partial charge >= 0.3 is 36.5 Å². The first-order valence-electron chi connectivity index (χ1n) is 9.54. The SMILES string of the molecule is O=C(Nc1cc(C(F)(F)F)c(F)cc1[N+](=O)[O-])C(F)(F)F.O=C(Nc1cc(C(F)(F)F)c(F)cc1[N+](=O)[O-])C(F)(F)F. The highest BCUT2D eigenvalue weighted by atomic mass is 19.4. The smallest absolute Gasteiger partial charge is 0.312 e. The number of benzene rings is 2. The summed E-state index contributed by atoms with van der Waals surface area (Å²) in [7, 11) is 0. The van der Waals surface area contributed by atoms with Crippen LogP contribution in [0.3, 0.4) is 0 Å². The maximum absolute atomic E-state index is 13.1. The number of amides is 2. The second kappa shape index (κ2) is 12.0. The lowest BCUT2D eigenvalue weighted by Crippen LogP contribution is -2.30. The lowest BCUT2D eigenvalue weighted by atomic mass is 10.1. The molecule has 0 radical (unpaired) electrons. The van der Waals surface area contributed by atoms with E-state index >= 15 is 0 Å². The van der Waals surface area contributed by atoms with Crippen LogP contribution in [-0.4, -0.2) is 34.0 Å². The maximum Gasteiger partial charge on any atom is 0.471 e. The summed E-state index contributed by atoms with van der Waals surface area (Å²) in [4.78, 5) is 39.4. The summed E-state index contributed by atoms with van der Waals surface area (Å²) in [6.07, 6.45) is -21.6. The van der Waals surface area contributed by atoms with E-state index in [4.69, 9.17) is 0 Å². The number of rotatable bonds is 4. The average molecular weight is 640 g/mol. The number of nitro groups is 2. The molecule has 0 saturated carbocycles. The first-order chi connectivity index (χ1) is 18.7. The van der Waals surface area contributed by atoms with Crippen LogP contribution in [-0.2, 0) is 21.9 Å². The van der Waals surface area contributed by atoms with E-state index in [1.54, 1.807) is 0 Å². The Labute approximate surface area is 219 Å². The number of anilines is 2. The fraction of sp³-hybridized carbons (Fsp3) is 0.222. The molecular weight excluding hydrogens is 634 g/mol. The fourth-order valence-electron chi connectivity index (χ4n) is 2.45. The molecule has 0 aromatic heterocycles.